The van der Waals surface area contributed by atoms with E-state index >= 15 is 0 Å². The Bertz CT molecular complexity index is 1090. The van der Waals surface area contributed by atoms with Crippen molar-refractivity contribution in [2.75, 3.05) is 18.6 Å². The molecule has 0 atom stereocenters. The summed E-state index contributed by atoms with van der Waals surface area (Å²) in [7, 11) is 1.51. The van der Waals surface area contributed by atoms with E-state index in [2.05, 4.69) is 5.32 Å². The Kier molecular flexibility index (Phi) is 6.66. The molecular weight excluding hydrogens is 402 g/mol. The summed E-state index contributed by atoms with van der Waals surface area (Å²) in [6.45, 7) is 1.54. The van der Waals surface area contributed by atoms with Gasteiger partial charge < -0.3 is 19.4 Å². The Morgan fingerprint density at radius 1 is 1.16 bits per heavy atom. The molecule has 0 radical (unpaired) electrons. The van der Waals surface area contributed by atoms with E-state index in [-0.39, 0.29) is 23.9 Å². The van der Waals surface area contributed by atoms with Crippen LogP contribution in [0.1, 0.15) is 21.7 Å². The Labute approximate surface area is 178 Å². The molecule has 31 heavy (non-hydrogen) atoms. The number of para-hydroxylation sites is 1. The highest BCUT2D eigenvalue weighted by molar-refractivity contribution is 6.04. The van der Waals surface area contributed by atoms with Crippen LogP contribution in [0.3, 0.4) is 0 Å². The van der Waals surface area contributed by atoms with Gasteiger partial charge in [-0.1, -0.05) is 18.2 Å². The fourth-order valence-electron chi connectivity index (χ4n) is 2.89. The lowest BCUT2D eigenvalue weighted by Crippen LogP contribution is -2.33. The van der Waals surface area contributed by atoms with Crippen LogP contribution >= 0.6 is 0 Å². The van der Waals surface area contributed by atoms with Gasteiger partial charge in [0.25, 0.3) is 11.8 Å². The number of likely N-dealkylation sites (N-methyl/N-ethyl adjacent to an activating group) is 1. The molecule has 0 fully saturated rings. The van der Waals surface area contributed by atoms with Crippen molar-refractivity contribution < 1.29 is 23.7 Å². The minimum atomic E-state index is -0.568. The van der Waals surface area contributed by atoms with Gasteiger partial charge in [-0.2, -0.15) is 0 Å². The smallest absolute Gasteiger partial charge is 0.310 e. The predicted molar refractivity (Wildman–Crippen MR) is 113 cm³/mol. The molecule has 9 nitrogen and oxygen atoms in total. The van der Waals surface area contributed by atoms with Gasteiger partial charge in [0, 0.05) is 13.1 Å². The third kappa shape index (κ3) is 5.27. The van der Waals surface area contributed by atoms with Crippen molar-refractivity contribution in [1.82, 2.24) is 5.32 Å². The molecule has 3 rings (SSSR count). The average molecular weight is 423 g/mol. The summed E-state index contributed by atoms with van der Waals surface area (Å²) >= 11 is 0. The SMILES string of the molecule is Cc1ccc([N+](=O)[O-])c(OCC(=O)N(C)c2ccccc2C(=O)NCc2ccco2)c1. The lowest BCUT2D eigenvalue weighted by molar-refractivity contribution is -0.385. The molecule has 2 amide bonds. The fourth-order valence-corrected chi connectivity index (χ4v) is 2.89. The maximum Gasteiger partial charge on any atom is 0.310 e. The van der Waals surface area contributed by atoms with Crippen molar-refractivity contribution >= 4 is 23.2 Å². The van der Waals surface area contributed by atoms with Crippen molar-refractivity contribution in [2.45, 2.75) is 13.5 Å². The summed E-state index contributed by atoms with van der Waals surface area (Å²) in [5.74, 6) is -0.233. The lowest BCUT2D eigenvalue weighted by atomic mass is 10.1. The number of hydrogen-bond donors (Lipinski definition) is 1. The monoisotopic (exact) mass is 423 g/mol. The van der Waals surface area contributed by atoms with Gasteiger partial charge in [-0.05, 0) is 42.8 Å². The average Bonchev–Trinajstić information content (AvgIpc) is 3.28. The standard InChI is InChI=1S/C22H21N3O6/c1-15-9-10-19(25(28)29)20(12-15)31-14-21(26)24(2)18-8-4-3-7-17(18)22(27)23-13-16-6-5-11-30-16/h3-12H,13-14H2,1-2H3,(H,23,27). The first-order valence-corrected chi connectivity index (χ1v) is 9.41. The summed E-state index contributed by atoms with van der Waals surface area (Å²) in [5.41, 5.74) is 1.22. The van der Waals surface area contributed by atoms with Crippen molar-refractivity contribution in [3.8, 4) is 5.75 Å². The molecule has 1 aromatic heterocycles. The third-order valence-corrected chi connectivity index (χ3v) is 4.55. The first kappa shape index (κ1) is 21.6. The number of aryl methyl sites for hydroxylation is 1. The van der Waals surface area contributed by atoms with Crippen LogP contribution in [0.25, 0.3) is 0 Å². The van der Waals surface area contributed by atoms with Crippen LogP contribution in [-0.2, 0) is 11.3 Å². The summed E-state index contributed by atoms with van der Waals surface area (Å²) in [4.78, 5) is 37.2. The number of rotatable bonds is 8. The quantitative estimate of drug-likeness (QED) is 0.438. The van der Waals surface area contributed by atoms with Crippen LogP contribution in [0, 0.1) is 17.0 Å². The summed E-state index contributed by atoms with van der Waals surface area (Å²) in [6, 6.07) is 14.5. The normalized spacial score (nSPS) is 10.4. The van der Waals surface area contributed by atoms with Crippen LogP contribution in [0.4, 0.5) is 11.4 Å². The summed E-state index contributed by atoms with van der Waals surface area (Å²) in [6.07, 6.45) is 1.51. The number of nitro benzene ring substituents is 1. The number of ether oxygens (including phenoxy) is 1. The van der Waals surface area contributed by atoms with Gasteiger partial charge in [-0.3, -0.25) is 19.7 Å². The second-order valence-electron chi connectivity index (χ2n) is 6.75. The van der Waals surface area contributed by atoms with Gasteiger partial charge in [0.15, 0.2) is 12.4 Å². The molecule has 0 aliphatic heterocycles. The molecule has 0 unspecified atom stereocenters. The van der Waals surface area contributed by atoms with E-state index in [1.54, 1.807) is 49.4 Å². The van der Waals surface area contributed by atoms with Crippen LogP contribution in [0.2, 0.25) is 0 Å². The Morgan fingerprint density at radius 3 is 2.65 bits per heavy atom. The molecule has 9 heteroatoms. The zero-order valence-corrected chi connectivity index (χ0v) is 17.0. The van der Waals surface area contributed by atoms with Gasteiger partial charge in [0.2, 0.25) is 0 Å². The summed E-state index contributed by atoms with van der Waals surface area (Å²) in [5, 5.41) is 13.9. The first-order chi connectivity index (χ1) is 14.9. The molecule has 1 N–H and O–H groups in total. The fraction of sp³-hybridized carbons (Fsp3) is 0.182. The molecule has 0 saturated heterocycles. The molecule has 0 aliphatic rings. The predicted octanol–water partition coefficient (Wildman–Crippen LogP) is 3.47. The zero-order chi connectivity index (χ0) is 22.4. The number of anilines is 1. The van der Waals surface area contributed by atoms with E-state index in [4.69, 9.17) is 9.15 Å². The molecule has 0 spiro atoms. The van der Waals surface area contributed by atoms with E-state index < -0.39 is 17.4 Å². The molecule has 0 saturated carbocycles. The highest BCUT2D eigenvalue weighted by Gasteiger charge is 2.21. The number of nitrogens with zero attached hydrogens (tertiary/aromatic N) is 2. The number of carbonyl (C=O) groups excluding carboxylic acids is 2. The van der Waals surface area contributed by atoms with E-state index in [1.165, 1.54) is 30.3 Å². The van der Waals surface area contributed by atoms with Crippen molar-refractivity contribution in [3.05, 3.63) is 87.9 Å². The lowest BCUT2D eigenvalue weighted by Gasteiger charge is -2.20. The van der Waals surface area contributed by atoms with Gasteiger partial charge in [-0.25, -0.2) is 0 Å². The van der Waals surface area contributed by atoms with Crippen LogP contribution in [-0.4, -0.2) is 30.4 Å². The molecule has 3 aromatic rings. The van der Waals surface area contributed by atoms with Crippen molar-refractivity contribution in [2.24, 2.45) is 0 Å². The van der Waals surface area contributed by atoms with E-state index in [0.29, 0.717) is 17.0 Å². The Balaban J connectivity index is 1.71. The van der Waals surface area contributed by atoms with Gasteiger partial charge in [0.1, 0.15) is 5.76 Å². The zero-order valence-electron chi connectivity index (χ0n) is 17.0. The number of hydrogen-bond acceptors (Lipinski definition) is 6. The van der Waals surface area contributed by atoms with Gasteiger partial charge in [0.05, 0.1) is 29.0 Å². The number of nitro groups is 1. The highest BCUT2D eigenvalue weighted by Crippen LogP contribution is 2.28. The van der Waals surface area contributed by atoms with E-state index in [0.717, 1.165) is 5.56 Å². The third-order valence-electron chi connectivity index (χ3n) is 4.55. The molecular formula is C22H21N3O6. The van der Waals surface area contributed by atoms with Gasteiger partial charge in [-0.15, -0.1) is 0 Å². The minimum absolute atomic E-state index is 0.0104. The maximum atomic E-state index is 12.7. The highest BCUT2D eigenvalue weighted by atomic mass is 16.6. The molecule has 0 aliphatic carbocycles. The van der Waals surface area contributed by atoms with Gasteiger partial charge >= 0.3 is 5.69 Å². The number of amides is 2. The van der Waals surface area contributed by atoms with Crippen molar-refractivity contribution in [3.63, 3.8) is 0 Å². The topological polar surface area (TPSA) is 115 Å². The number of nitrogens with one attached hydrogen (secondary N) is 1. The molecule has 1 heterocycles. The molecule has 2 aromatic carbocycles. The number of benzene rings is 2. The second kappa shape index (κ2) is 9.57. The van der Waals surface area contributed by atoms with E-state index in [1.807, 2.05) is 0 Å². The van der Waals surface area contributed by atoms with Crippen LogP contribution in [0.5, 0.6) is 5.75 Å². The Hall–Kier alpha value is -4.14. The van der Waals surface area contributed by atoms with Crippen LogP contribution in [0.15, 0.2) is 65.3 Å². The van der Waals surface area contributed by atoms with Crippen LogP contribution < -0.4 is 15.0 Å². The number of carbonyl (C=O) groups is 2. The first-order valence-electron chi connectivity index (χ1n) is 9.41. The van der Waals surface area contributed by atoms with E-state index in [9.17, 15) is 19.7 Å². The summed E-state index contributed by atoms with van der Waals surface area (Å²) < 4.78 is 10.6. The largest absolute Gasteiger partial charge is 0.477 e. The molecule has 160 valence electrons. The maximum absolute atomic E-state index is 12.7. The number of furan rings is 1. The van der Waals surface area contributed by atoms with Crippen molar-refractivity contribution in [1.29, 1.82) is 0 Å². The second-order valence-corrected chi connectivity index (χ2v) is 6.75. The molecule has 0 bridgehead atoms. The minimum Gasteiger partial charge on any atom is -0.477 e. The Morgan fingerprint density at radius 2 is 1.94 bits per heavy atom.